The van der Waals surface area contributed by atoms with E-state index in [1.54, 1.807) is 6.20 Å². The number of hydrogen-bond donors (Lipinski definition) is 1. The van der Waals surface area contributed by atoms with Crippen molar-refractivity contribution in [1.29, 1.82) is 0 Å². The summed E-state index contributed by atoms with van der Waals surface area (Å²) in [5.41, 5.74) is 3.49. The topological polar surface area (TPSA) is 75.0 Å². The van der Waals surface area contributed by atoms with Crippen molar-refractivity contribution in [1.82, 2.24) is 20.3 Å². The van der Waals surface area contributed by atoms with Gasteiger partial charge in [0, 0.05) is 24.4 Å². The van der Waals surface area contributed by atoms with E-state index in [2.05, 4.69) is 15.4 Å². The zero-order chi connectivity index (χ0) is 17.2. The number of amides is 1. The fraction of sp³-hybridized carbons (Fsp3) is 0.316. The molecule has 1 aliphatic heterocycles. The first-order valence-corrected chi connectivity index (χ1v) is 8.56. The number of aromatic amines is 1. The average Bonchev–Trinajstić information content (AvgIpc) is 3.33. The zero-order valence-corrected chi connectivity index (χ0v) is 14.1. The molecule has 3 aromatic rings. The van der Waals surface area contributed by atoms with E-state index in [0.717, 1.165) is 48.5 Å². The van der Waals surface area contributed by atoms with Gasteiger partial charge >= 0.3 is 0 Å². The minimum Gasteiger partial charge on any atom is -0.361 e. The summed E-state index contributed by atoms with van der Waals surface area (Å²) < 4.78 is 5.21. The standard InChI is InChI=1S/C19H20N4O2/c1-13-12-17(22-25-13)18-4-2-3-11-23(18)19(24)15-7-5-14(6-8-15)16-9-10-20-21-16/h5-10,12,18H,2-4,11H2,1H3,(H,20,21)/t18-/m1/s1. The number of piperidine rings is 1. The Hall–Kier alpha value is -2.89. The molecule has 1 atom stereocenters. The Morgan fingerprint density at radius 2 is 2.08 bits per heavy atom. The van der Waals surface area contributed by atoms with Crippen molar-refractivity contribution in [3.8, 4) is 11.3 Å². The van der Waals surface area contributed by atoms with Crippen LogP contribution in [0.25, 0.3) is 11.3 Å². The van der Waals surface area contributed by atoms with Gasteiger partial charge in [-0.1, -0.05) is 17.3 Å². The number of aromatic nitrogens is 3. The molecule has 0 aliphatic carbocycles. The van der Waals surface area contributed by atoms with E-state index in [1.807, 2.05) is 48.2 Å². The Balaban J connectivity index is 1.58. The molecule has 1 aliphatic rings. The summed E-state index contributed by atoms with van der Waals surface area (Å²) in [7, 11) is 0. The maximum Gasteiger partial charge on any atom is 0.254 e. The normalized spacial score (nSPS) is 17.6. The lowest BCUT2D eigenvalue weighted by Crippen LogP contribution is -2.38. The maximum atomic E-state index is 13.0. The van der Waals surface area contributed by atoms with Crippen LogP contribution in [0, 0.1) is 6.92 Å². The molecule has 1 aromatic carbocycles. The van der Waals surface area contributed by atoms with Crippen LogP contribution in [0.15, 0.2) is 47.1 Å². The van der Waals surface area contributed by atoms with Crippen molar-refractivity contribution in [2.45, 2.75) is 32.2 Å². The number of nitrogens with one attached hydrogen (secondary N) is 1. The number of aryl methyl sites for hydroxylation is 1. The molecule has 3 heterocycles. The maximum absolute atomic E-state index is 13.0. The van der Waals surface area contributed by atoms with Crippen LogP contribution < -0.4 is 0 Å². The lowest BCUT2D eigenvalue weighted by Gasteiger charge is -2.34. The number of nitrogens with zero attached hydrogens (tertiary/aromatic N) is 3. The summed E-state index contributed by atoms with van der Waals surface area (Å²) in [5.74, 6) is 0.818. The molecule has 1 N–H and O–H groups in total. The van der Waals surface area contributed by atoms with Crippen LogP contribution >= 0.6 is 0 Å². The van der Waals surface area contributed by atoms with Gasteiger partial charge < -0.3 is 9.42 Å². The number of carbonyl (C=O) groups is 1. The van der Waals surface area contributed by atoms with E-state index in [-0.39, 0.29) is 11.9 Å². The molecular formula is C19H20N4O2. The second kappa shape index (κ2) is 6.55. The third kappa shape index (κ3) is 3.07. The van der Waals surface area contributed by atoms with Gasteiger partial charge in [-0.15, -0.1) is 0 Å². The highest BCUT2D eigenvalue weighted by Gasteiger charge is 2.30. The van der Waals surface area contributed by atoms with Crippen molar-refractivity contribution in [2.24, 2.45) is 0 Å². The van der Waals surface area contributed by atoms with E-state index in [0.29, 0.717) is 5.56 Å². The molecule has 2 aromatic heterocycles. The first-order chi connectivity index (χ1) is 12.2. The summed E-state index contributed by atoms with van der Waals surface area (Å²) in [6.45, 7) is 2.62. The molecule has 0 bridgehead atoms. The minimum absolute atomic E-state index is 0.00835. The first kappa shape index (κ1) is 15.6. The Labute approximate surface area is 145 Å². The SMILES string of the molecule is Cc1cc([C@H]2CCCCN2C(=O)c2ccc(-c3ccn[nH]3)cc2)no1. The summed E-state index contributed by atoms with van der Waals surface area (Å²) >= 11 is 0. The third-order valence-corrected chi connectivity index (χ3v) is 4.69. The number of benzene rings is 1. The number of rotatable bonds is 3. The van der Waals surface area contributed by atoms with Crippen LogP contribution in [0.3, 0.4) is 0 Å². The van der Waals surface area contributed by atoms with Gasteiger partial charge in [0.1, 0.15) is 11.5 Å². The van der Waals surface area contributed by atoms with Crippen LogP contribution in [0.2, 0.25) is 0 Å². The zero-order valence-electron chi connectivity index (χ0n) is 14.1. The minimum atomic E-state index is -0.00835. The quantitative estimate of drug-likeness (QED) is 0.790. The van der Waals surface area contributed by atoms with Crippen LogP contribution in [-0.4, -0.2) is 32.7 Å². The predicted molar refractivity (Wildman–Crippen MR) is 92.9 cm³/mol. The second-order valence-corrected chi connectivity index (χ2v) is 6.42. The molecule has 1 fully saturated rings. The largest absolute Gasteiger partial charge is 0.361 e. The van der Waals surface area contributed by atoms with Crippen LogP contribution in [0.4, 0.5) is 0 Å². The molecule has 0 radical (unpaired) electrons. The molecule has 1 amide bonds. The van der Waals surface area contributed by atoms with Crippen molar-refractivity contribution in [3.05, 3.63) is 59.6 Å². The molecule has 0 unspecified atom stereocenters. The van der Waals surface area contributed by atoms with Gasteiger partial charge in [0.2, 0.25) is 0 Å². The van der Waals surface area contributed by atoms with Gasteiger partial charge in [-0.2, -0.15) is 5.10 Å². The Morgan fingerprint density at radius 3 is 2.76 bits per heavy atom. The number of likely N-dealkylation sites (tertiary alicyclic amines) is 1. The average molecular weight is 336 g/mol. The van der Waals surface area contributed by atoms with Crippen LogP contribution in [0.1, 0.15) is 47.1 Å². The van der Waals surface area contributed by atoms with Gasteiger partial charge in [-0.05, 0) is 49.9 Å². The predicted octanol–water partition coefficient (Wildman–Crippen LogP) is 3.74. The lowest BCUT2D eigenvalue weighted by atomic mass is 9.97. The van der Waals surface area contributed by atoms with E-state index >= 15 is 0 Å². The summed E-state index contributed by atoms with van der Waals surface area (Å²) in [4.78, 5) is 15.0. The van der Waals surface area contributed by atoms with Crippen molar-refractivity contribution in [3.63, 3.8) is 0 Å². The fourth-order valence-corrected chi connectivity index (χ4v) is 3.40. The molecule has 0 spiro atoms. The van der Waals surface area contributed by atoms with Gasteiger partial charge in [0.15, 0.2) is 0 Å². The lowest BCUT2D eigenvalue weighted by molar-refractivity contribution is 0.0602. The smallest absolute Gasteiger partial charge is 0.254 e. The van der Waals surface area contributed by atoms with E-state index < -0.39 is 0 Å². The summed E-state index contributed by atoms with van der Waals surface area (Å²) in [5, 5.41) is 11.0. The monoisotopic (exact) mass is 336 g/mol. The van der Waals surface area contributed by atoms with E-state index in [1.165, 1.54) is 0 Å². The highest BCUT2D eigenvalue weighted by atomic mass is 16.5. The molecular weight excluding hydrogens is 316 g/mol. The molecule has 4 rings (SSSR count). The van der Waals surface area contributed by atoms with Gasteiger partial charge in [0.25, 0.3) is 5.91 Å². The van der Waals surface area contributed by atoms with Gasteiger partial charge in [-0.3, -0.25) is 9.89 Å². The molecule has 6 nitrogen and oxygen atoms in total. The Kier molecular flexibility index (Phi) is 4.09. The Bertz CT molecular complexity index is 852. The first-order valence-electron chi connectivity index (χ1n) is 8.56. The van der Waals surface area contributed by atoms with Crippen molar-refractivity contribution >= 4 is 5.91 Å². The van der Waals surface area contributed by atoms with Crippen LogP contribution in [0.5, 0.6) is 0 Å². The number of carbonyl (C=O) groups excluding carboxylic acids is 1. The summed E-state index contributed by atoms with van der Waals surface area (Å²) in [6.07, 6.45) is 4.75. The second-order valence-electron chi connectivity index (χ2n) is 6.42. The molecule has 25 heavy (non-hydrogen) atoms. The highest BCUT2D eigenvalue weighted by molar-refractivity contribution is 5.95. The molecule has 0 saturated carbocycles. The van der Waals surface area contributed by atoms with E-state index in [4.69, 9.17) is 4.52 Å². The highest BCUT2D eigenvalue weighted by Crippen LogP contribution is 2.32. The molecule has 128 valence electrons. The van der Waals surface area contributed by atoms with Crippen molar-refractivity contribution in [2.75, 3.05) is 6.54 Å². The molecule has 6 heteroatoms. The van der Waals surface area contributed by atoms with Gasteiger partial charge in [-0.25, -0.2) is 0 Å². The van der Waals surface area contributed by atoms with Gasteiger partial charge in [0.05, 0.1) is 11.7 Å². The third-order valence-electron chi connectivity index (χ3n) is 4.69. The number of H-pyrrole nitrogens is 1. The Morgan fingerprint density at radius 1 is 1.24 bits per heavy atom. The summed E-state index contributed by atoms with van der Waals surface area (Å²) in [6, 6.07) is 11.5. The fourth-order valence-electron chi connectivity index (χ4n) is 3.40. The number of hydrogen-bond acceptors (Lipinski definition) is 4. The van der Waals surface area contributed by atoms with Crippen molar-refractivity contribution < 1.29 is 9.32 Å². The van der Waals surface area contributed by atoms with E-state index in [9.17, 15) is 4.79 Å². The molecule has 1 saturated heterocycles. The van der Waals surface area contributed by atoms with Crippen LogP contribution in [-0.2, 0) is 0 Å².